The van der Waals surface area contributed by atoms with Crippen LogP contribution >= 0.6 is 0 Å². The Morgan fingerprint density at radius 3 is 2.68 bits per heavy atom. The normalized spacial score (nSPS) is 22.5. The smallest absolute Gasteiger partial charge is 0.326 e. The zero-order valence-electron chi connectivity index (χ0n) is 10.4. The Kier molecular flexibility index (Phi) is 3.44. The molecule has 1 aromatic rings. The highest BCUT2D eigenvalue weighted by Gasteiger charge is 2.39. The molecule has 0 aromatic heterocycles. The number of hydrogen-bond donors (Lipinski definition) is 3. The number of carboxylic acids is 1. The molecule has 0 saturated carbocycles. The van der Waals surface area contributed by atoms with Gasteiger partial charge in [-0.2, -0.15) is 0 Å². The van der Waals surface area contributed by atoms with Gasteiger partial charge in [-0.1, -0.05) is 6.07 Å². The average molecular weight is 265 g/mol. The topological polar surface area (TPSA) is 98.1 Å². The first-order valence-electron chi connectivity index (χ1n) is 5.92. The second kappa shape index (κ2) is 4.89. The monoisotopic (exact) mass is 265 g/mol. The zero-order valence-corrected chi connectivity index (χ0v) is 10.4. The van der Waals surface area contributed by atoms with Gasteiger partial charge in [-0.15, -0.1) is 0 Å². The fraction of sp³-hybridized carbons (Fsp3) is 0.385. The van der Waals surface area contributed by atoms with E-state index in [0.717, 1.165) is 4.90 Å². The van der Waals surface area contributed by atoms with Gasteiger partial charge in [0.25, 0.3) is 5.91 Å². The van der Waals surface area contributed by atoms with Crippen molar-refractivity contribution in [3.05, 3.63) is 29.3 Å². The second-order valence-corrected chi connectivity index (χ2v) is 4.65. The van der Waals surface area contributed by atoms with Crippen LogP contribution in [0.25, 0.3) is 0 Å². The van der Waals surface area contributed by atoms with Gasteiger partial charge in [0.1, 0.15) is 11.8 Å². The summed E-state index contributed by atoms with van der Waals surface area (Å²) in [6.07, 6.45) is -0.804. The minimum atomic E-state index is -1.14. The lowest BCUT2D eigenvalue weighted by Gasteiger charge is -2.22. The third kappa shape index (κ3) is 2.39. The second-order valence-electron chi connectivity index (χ2n) is 4.65. The standard InChI is InChI=1S/C13H15NO5/c1-7-9(3-2-4-11(7)16)12(17)14-6-8(15)5-10(14)13(18)19/h2-4,8,10,15-16H,5-6H2,1H3,(H,18,19)/t8-,10-/m1/s1. The van der Waals surface area contributed by atoms with Crippen LogP contribution < -0.4 is 0 Å². The van der Waals surface area contributed by atoms with Gasteiger partial charge in [0, 0.05) is 24.1 Å². The lowest BCUT2D eigenvalue weighted by atomic mass is 10.1. The van der Waals surface area contributed by atoms with E-state index in [0.29, 0.717) is 5.56 Å². The van der Waals surface area contributed by atoms with Crippen molar-refractivity contribution in [3.63, 3.8) is 0 Å². The number of likely N-dealkylation sites (tertiary alicyclic amines) is 1. The van der Waals surface area contributed by atoms with Crippen LogP contribution in [0.1, 0.15) is 22.3 Å². The number of aromatic hydroxyl groups is 1. The van der Waals surface area contributed by atoms with E-state index >= 15 is 0 Å². The van der Waals surface area contributed by atoms with E-state index in [1.165, 1.54) is 18.2 Å². The Balaban J connectivity index is 2.33. The molecule has 1 aliphatic heterocycles. The first-order valence-corrected chi connectivity index (χ1v) is 5.92. The number of carboxylic acid groups (broad SMARTS) is 1. The largest absolute Gasteiger partial charge is 0.508 e. The summed E-state index contributed by atoms with van der Waals surface area (Å²) in [5.41, 5.74) is 0.651. The molecule has 1 heterocycles. The molecule has 1 aliphatic rings. The fourth-order valence-electron chi connectivity index (χ4n) is 2.28. The minimum Gasteiger partial charge on any atom is -0.508 e. The number of phenols is 1. The summed E-state index contributed by atoms with van der Waals surface area (Å²) >= 11 is 0. The van der Waals surface area contributed by atoms with Crippen molar-refractivity contribution in [3.8, 4) is 5.75 Å². The summed E-state index contributed by atoms with van der Waals surface area (Å²) in [5, 5.41) is 28.2. The minimum absolute atomic E-state index is 0.00903. The summed E-state index contributed by atoms with van der Waals surface area (Å²) in [7, 11) is 0. The van der Waals surface area contributed by atoms with E-state index in [1.807, 2.05) is 0 Å². The van der Waals surface area contributed by atoms with Crippen molar-refractivity contribution in [1.29, 1.82) is 0 Å². The molecule has 3 N–H and O–H groups in total. The maximum atomic E-state index is 12.3. The molecule has 0 radical (unpaired) electrons. The molecular formula is C13H15NO5. The summed E-state index contributed by atoms with van der Waals surface area (Å²) in [6, 6.07) is 3.49. The quantitative estimate of drug-likeness (QED) is 0.717. The van der Waals surface area contributed by atoms with Gasteiger partial charge in [-0.25, -0.2) is 4.79 Å². The van der Waals surface area contributed by atoms with Crippen LogP contribution in [0.15, 0.2) is 18.2 Å². The number of amides is 1. The predicted octanol–water partition coefficient (Wildman–Crippen LogP) is 0.361. The Hall–Kier alpha value is -2.08. The fourth-order valence-corrected chi connectivity index (χ4v) is 2.28. The molecule has 1 fully saturated rings. The van der Waals surface area contributed by atoms with Gasteiger partial charge < -0.3 is 20.2 Å². The molecule has 19 heavy (non-hydrogen) atoms. The number of rotatable bonds is 2. The third-order valence-corrected chi connectivity index (χ3v) is 3.36. The van der Waals surface area contributed by atoms with Gasteiger partial charge in [0.2, 0.25) is 0 Å². The van der Waals surface area contributed by atoms with Crippen LogP contribution in [0.5, 0.6) is 5.75 Å². The molecule has 102 valence electrons. The summed E-state index contributed by atoms with van der Waals surface area (Å²) in [5.74, 6) is -1.64. The maximum absolute atomic E-state index is 12.3. The molecule has 2 atom stereocenters. The zero-order chi connectivity index (χ0) is 14.2. The molecule has 1 saturated heterocycles. The van der Waals surface area contributed by atoms with E-state index in [2.05, 4.69) is 0 Å². The number of β-amino-alcohol motifs (C(OH)–C–C–N with tert-alkyl or cyclic N) is 1. The molecule has 6 heteroatoms. The van der Waals surface area contributed by atoms with Crippen molar-refractivity contribution < 1.29 is 24.9 Å². The van der Waals surface area contributed by atoms with E-state index in [4.69, 9.17) is 5.11 Å². The number of aliphatic hydroxyl groups excluding tert-OH is 1. The van der Waals surface area contributed by atoms with Crippen LogP contribution in [-0.4, -0.2) is 50.8 Å². The predicted molar refractivity (Wildman–Crippen MR) is 65.9 cm³/mol. The van der Waals surface area contributed by atoms with Gasteiger partial charge in [0.15, 0.2) is 0 Å². The van der Waals surface area contributed by atoms with E-state index in [9.17, 15) is 19.8 Å². The molecular weight excluding hydrogens is 250 g/mol. The molecule has 0 unspecified atom stereocenters. The van der Waals surface area contributed by atoms with Crippen LogP contribution in [0.2, 0.25) is 0 Å². The average Bonchev–Trinajstić information content (AvgIpc) is 2.74. The number of benzene rings is 1. The molecule has 1 aromatic carbocycles. The number of aliphatic hydroxyl groups is 1. The molecule has 2 rings (SSSR count). The van der Waals surface area contributed by atoms with E-state index in [1.54, 1.807) is 6.92 Å². The number of nitrogens with zero attached hydrogens (tertiary/aromatic N) is 1. The van der Waals surface area contributed by atoms with E-state index < -0.39 is 24.0 Å². The van der Waals surface area contributed by atoms with Gasteiger partial charge in [-0.3, -0.25) is 4.79 Å². The summed E-state index contributed by atoms with van der Waals surface area (Å²) in [4.78, 5) is 24.5. The van der Waals surface area contributed by atoms with Crippen molar-refractivity contribution in [1.82, 2.24) is 4.90 Å². The Bertz CT molecular complexity index is 528. The lowest BCUT2D eigenvalue weighted by molar-refractivity contribution is -0.141. The first-order chi connectivity index (χ1) is 8.91. The number of carbonyl (C=O) groups is 2. The van der Waals surface area contributed by atoms with Crippen LogP contribution in [0.3, 0.4) is 0 Å². The van der Waals surface area contributed by atoms with Gasteiger partial charge in [-0.05, 0) is 19.1 Å². The van der Waals surface area contributed by atoms with Crippen molar-refractivity contribution in [2.45, 2.75) is 25.5 Å². The first kappa shape index (κ1) is 13.4. The van der Waals surface area contributed by atoms with Crippen LogP contribution in [-0.2, 0) is 4.79 Å². The van der Waals surface area contributed by atoms with Gasteiger partial charge in [0.05, 0.1) is 6.10 Å². The highest BCUT2D eigenvalue weighted by atomic mass is 16.4. The molecule has 0 aliphatic carbocycles. The highest BCUT2D eigenvalue weighted by molar-refractivity contribution is 5.98. The Morgan fingerprint density at radius 2 is 2.05 bits per heavy atom. The van der Waals surface area contributed by atoms with Crippen molar-refractivity contribution in [2.24, 2.45) is 0 Å². The van der Waals surface area contributed by atoms with Gasteiger partial charge >= 0.3 is 5.97 Å². The SMILES string of the molecule is Cc1c(O)cccc1C(=O)N1C[C@H](O)C[C@@H]1C(=O)O. The van der Waals surface area contributed by atoms with Crippen LogP contribution in [0.4, 0.5) is 0 Å². The van der Waals surface area contributed by atoms with E-state index in [-0.39, 0.29) is 24.3 Å². The molecule has 1 amide bonds. The number of aliphatic carboxylic acids is 1. The Labute approximate surface area is 109 Å². The van der Waals surface area contributed by atoms with Crippen molar-refractivity contribution >= 4 is 11.9 Å². The maximum Gasteiger partial charge on any atom is 0.326 e. The highest BCUT2D eigenvalue weighted by Crippen LogP contribution is 2.25. The number of phenolic OH excluding ortho intramolecular Hbond substituents is 1. The third-order valence-electron chi connectivity index (χ3n) is 3.36. The Morgan fingerprint density at radius 1 is 1.37 bits per heavy atom. The molecule has 0 bridgehead atoms. The number of carbonyl (C=O) groups excluding carboxylic acids is 1. The summed E-state index contributed by atoms with van der Waals surface area (Å²) < 4.78 is 0. The molecule has 0 spiro atoms. The lowest BCUT2D eigenvalue weighted by Crippen LogP contribution is -2.40. The number of hydrogen-bond acceptors (Lipinski definition) is 4. The van der Waals surface area contributed by atoms with Crippen LogP contribution in [0, 0.1) is 6.92 Å². The molecule has 6 nitrogen and oxygen atoms in total. The summed E-state index contributed by atoms with van der Waals surface area (Å²) in [6.45, 7) is 1.58. The van der Waals surface area contributed by atoms with Crippen molar-refractivity contribution in [2.75, 3.05) is 6.54 Å².